The van der Waals surface area contributed by atoms with E-state index in [1.807, 2.05) is 18.2 Å². The maximum Gasteiger partial charge on any atom is 0.232 e. The summed E-state index contributed by atoms with van der Waals surface area (Å²) in [6.07, 6.45) is 1.64. The molecule has 0 aliphatic carbocycles. The monoisotopic (exact) mass is 341 g/mol. The van der Waals surface area contributed by atoms with Crippen LogP contribution in [0.5, 0.6) is 5.88 Å². The molecule has 1 aromatic carbocycles. The summed E-state index contributed by atoms with van der Waals surface area (Å²) in [6.45, 7) is 0.881. The normalized spacial score (nSPS) is 15.9. The van der Waals surface area contributed by atoms with Crippen molar-refractivity contribution in [1.82, 2.24) is 4.98 Å². The van der Waals surface area contributed by atoms with Gasteiger partial charge in [0, 0.05) is 25.3 Å². The number of methoxy groups -OCH3 is 1. The highest BCUT2D eigenvalue weighted by molar-refractivity contribution is 6.05. The first-order valence-corrected chi connectivity index (χ1v) is 7.95. The highest BCUT2D eigenvalue weighted by Crippen LogP contribution is 2.32. The van der Waals surface area contributed by atoms with Crippen molar-refractivity contribution < 1.29 is 19.1 Å². The molecule has 2 amide bonds. The molecule has 2 heterocycles. The zero-order valence-electron chi connectivity index (χ0n) is 13.8. The number of amides is 2. The number of para-hydroxylation sites is 1. The van der Waals surface area contributed by atoms with Gasteiger partial charge in [-0.3, -0.25) is 9.59 Å². The molecule has 25 heavy (non-hydrogen) atoms. The number of hydrogen-bond donors (Lipinski definition) is 2. The number of carbonyl (C=O) groups excluding carboxylic acids is 2. The van der Waals surface area contributed by atoms with Gasteiger partial charge in [-0.25, -0.2) is 4.98 Å². The fourth-order valence-electron chi connectivity index (χ4n) is 2.64. The lowest BCUT2D eigenvalue weighted by Gasteiger charge is -2.24. The predicted molar refractivity (Wildman–Crippen MR) is 92.7 cm³/mol. The summed E-state index contributed by atoms with van der Waals surface area (Å²) in [6, 6.07) is 10.7. The van der Waals surface area contributed by atoms with Crippen LogP contribution in [0.1, 0.15) is 17.9 Å². The van der Waals surface area contributed by atoms with Crippen LogP contribution in [-0.4, -0.2) is 37.1 Å². The number of rotatable bonds is 6. The van der Waals surface area contributed by atoms with E-state index >= 15 is 0 Å². The quantitative estimate of drug-likeness (QED) is 0.786. The summed E-state index contributed by atoms with van der Waals surface area (Å²) >= 11 is 0. The molecule has 0 bridgehead atoms. The Kier molecular flexibility index (Phi) is 5.25. The molecule has 1 atom stereocenters. The van der Waals surface area contributed by atoms with E-state index in [9.17, 15) is 9.59 Å². The number of aromatic nitrogens is 1. The van der Waals surface area contributed by atoms with Crippen molar-refractivity contribution in [3.05, 3.63) is 48.2 Å². The number of carbonyl (C=O) groups is 2. The van der Waals surface area contributed by atoms with Gasteiger partial charge in [0.2, 0.25) is 17.7 Å². The number of nitrogens with one attached hydrogen (secondary N) is 2. The van der Waals surface area contributed by atoms with E-state index in [1.165, 1.54) is 6.20 Å². The van der Waals surface area contributed by atoms with E-state index in [0.29, 0.717) is 30.5 Å². The molecular weight excluding hydrogens is 322 g/mol. The zero-order chi connectivity index (χ0) is 17.6. The second kappa shape index (κ2) is 7.76. The van der Waals surface area contributed by atoms with Gasteiger partial charge in [0.1, 0.15) is 6.61 Å². The van der Waals surface area contributed by atoms with Gasteiger partial charge in [-0.05, 0) is 17.7 Å². The van der Waals surface area contributed by atoms with Gasteiger partial charge in [-0.1, -0.05) is 18.2 Å². The molecule has 1 aromatic heterocycles. The Bertz CT molecular complexity index is 761. The number of fused-ring (bicyclic) bond motifs is 1. The van der Waals surface area contributed by atoms with Crippen LogP contribution in [0.2, 0.25) is 0 Å². The Labute approximate surface area is 145 Å². The van der Waals surface area contributed by atoms with E-state index in [4.69, 9.17) is 9.47 Å². The van der Waals surface area contributed by atoms with Gasteiger partial charge in [-0.2, -0.15) is 0 Å². The van der Waals surface area contributed by atoms with Gasteiger partial charge in [0.25, 0.3) is 0 Å². The van der Waals surface area contributed by atoms with Crippen molar-refractivity contribution in [2.24, 2.45) is 0 Å². The van der Waals surface area contributed by atoms with E-state index < -0.39 is 5.92 Å². The van der Waals surface area contributed by atoms with Gasteiger partial charge in [0.05, 0.1) is 24.4 Å². The van der Waals surface area contributed by atoms with Crippen molar-refractivity contribution in [1.29, 1.82) is 0 Å². The Morgan fingerprint density at radius 1 is 1.28 bits per heavy atom. The minimum Gasteiger partial charge on any atom is -0.475 e. The van der Waals surface area contributed by atoms with Crippen LogP contribution in [-0.2, 0) is 14.3 Å². The van der Waals surface area contributed by atoms with E-state index in [0.717, 1.165) is 5.56 Å². The third kappa shape index (κ3) is 4.13. The van der Waals surface area contributed by atoms with Crippen LogP contribution in [0.4, 0.5) is 11.4 Å². The van der Waals surface area contributed by atoms with Crippen LogP contribution in [0.3, 0.4) is 0 Å². The molecule has 0 fully saturated rings. The van der Waals surface area contributed by atoms with Crippen molar-refractivity contribution >= 4 is 23.2 Å². The summed E-state index contributed by atoms with van der Waals surface area (Å²) in [5, 5.41) is 5.59. The topological polar surface area (TPSA) is 89.5 Å². The number of nitrogens with zero attached hydrogens (tertiary/aromatic N) is 1. The van der Waals surface area contributed by atoms with Gasteiger partial charge >= 0.3 is 0 Å². The van der Waals surface area contributed by atoms with Crippen LogP contribution in [0.15, 0.2) is 42.6 Å². The third-order valence-electron chi connectivity index (χ3n) is 3.86. The lowest BCUT2D eigenvalue weighted by molar-refractivity contribution is -0.123. The first-order valence-electron chi connectivity index (χ1n) is 7.95. The Balaban J connectivity index is 1.67. The second-order valence-corrected chi connectivity index (χ2v) is 5.61. The molecule has 2 N–H and O–H groups in total. The third-order valence-corrected chi connectivity index (χ3v) is 3.86. The van der Waals surface area contributed by atoms with Crippen molar-refractivity contribution in [2.45, 2.75) is 12.3 Å². The molecule has 2 aromatic rings. The van der Waals surface area contributed by atoms with Crippen LogP contribution < -0.4 is 15.4 Å². The van der Waals surface area contributed by atoms with Gasteiger partial charge in [-0.15, -0.1) is 0 Å². The first-order chi connectivity index (χ1) is 12.2. The summed E-state index contributed by atoms with van der Waals surface area (Å²) in [5.41, 5.74) is 2.04. The summed E-state index contributed by atoms with van der Waals surface area (Å²) in [5.74, 6) is -0.476. The van der Waals surface area contributed by atoms with Crippen LogP contribution in [0.25, 0.3) is 0 Å². The highest BCUT2D eigenvalue weighted by atomic mass is 16.5. The van der Waals surface area contributed by atoms with E-state index in [-0.39, 0.29) is 18.2 Å². The van der Waals surface area contributed by atoms with Gasteiger partial charge < -0.3 is 20.1 Å². The van der Waals surface area contributed by atoms with E-state index in [2.05, 4.69) is 15.6 Å². The minimum atomic E-state index is -0.525. The Morgan fingerprint density at radius 2 is 2.12 bits per heavy atom. The summed E-state index contributed by atoms with van der Waals surface area (Å²) in [4.78, 5) is 28.6. The Hall–Kier alpha value is -2.93. The molecule has 3 rings (SSSR count). The van der Waals surface area contributed by atoms with Crippen molar-refractivity contribution in [3.8, 4) is 5.88 Å². The predicted octanol–water partition coefficient (Wildman–Crippen LogP) is 2.17. The molecule has 1 aliphatic rings. The number of anilines is 2. The van der Waals surface area contributed by atoms with Crippen molar-refractivity contribution in [3.63, 3.8) is 0 Å². The maximum absolute atomic E-state index is 12.6. The number of pyridine rings is 1. The van der Waals surface area contributed by atoms with Crippen LogP contribution >= 0.6 is 0 Å². The first kappa shape index (κ1) is 16.9. The highest BCUT2D eigenvalue weighted by Gasteiger charge is 2.30. The molecule has 0 saturated carbocycles. The molecule has 0 saturated heterocycles. The SMILES string of the molecule is COCCOc1ccc(NC(=O)C2CC(=O)Nc3ccccc32)cn1. The zero-order valence-corrected chi connectivity index (χ0v) is 13.8. The summed E-state index contributed by atoms with van der Waals surface area (Å²) in [7, 11) is 1.60. The molecule has 130 valence electrons. The molecule has 1 unspecified atom stereocenters. The second-order valence-electron chi connectivity index (χ2n) is 5.61. The number of benzene rings is 1. The average Bonchev–Trinajstić information content (AvgIpc) is 2.62. The average molecular weight is 341 g/mol. The minimum absolute atomic E-state index is 0.120. The molecule has 7 heteroatoms. The fourth-order valence-corrected chi connectivity index (χ4v) is 2.64. The van der Waals surface area contributed by atoms with Crippen LogP contribution in [0, 0.1) is 0 Å². The van der Waals surface area contributed by atoms with E-state index in [1.54, 1.807) is 25.3 Å². The Morgan fingerprint density at radius 3 is 2.88 bits per heavy atom. The maximum atomic E-state index is 12.6. The molecule has 1 aliphatic heterocycles. The number of ether oxygens (including phenoxy) is 2. The standard InChI is InChI=1S/C18H19N3O4/c1-24-8-9-25-17-7-6-12(11-19-17)20-18(23)14-10-16(22)21-15-5-3-2-4-13(14)15/h2-7,11,14H,8-10H2,1H3,(H,20,23)(H,21,22). The molecule has 0 radical (unpaired) electrons. The molecular formula is C18H19N3O4. The lowest BCUT2D eigenvalue weighted by atomic mass is 9.90. The molecule has 7 nitrogen and oxygen atoms in total. The van der Waals surface area contributed by atoms with Gasteiger partial charge in [0.15, 0.2) is 0 Å². The molecule has 0 spiro atoms. The van der Waals surface area contributed by atoms with Crippen molar-refractivity contribution in [2.75, 3.05) is 31.0 Å². The lowest BCUT2D eigenvalue weighted by Crippen LogP contribution is -2.30. The number of hydrogen-bond acceptors (Lipinski definition) is 5. The largest absolute Gasteiger partial charge is 0.475 e. The fraction of sp³-hybridized carbons (Fsp3) is 0.278. The summed E-state index contributed by atoms with van der Waals surface area (Å²) < 4.78 is 10.3. The smallest absolute Gasteiger partial charge is 0.232 e.